The Balaban J connectivity index is 2.01. The van der Waals surface area contributed by atoms with Gasteiger partial charge in [-0.3, -0.25) is 9.35 Å². The number of ether oxygens (including phenoxy) is 1. The maximum absolute atomic E-state index is 11.9. The molecule has 6 heteroatoms. The van der Waals surface area contributed by atoms with Crippen LogP contribution in [0.3, 0.4) is 0 Å². The van der Waals surface area contributed by atoms with Crippen LogP contribution >= 0.6 is 0 Å². The Kier molecular flexibility index (Phi) is 4.21. The zero-order chi connectivity index (χ0) is 13.9. The van der Waals surface area contributed by atoms with Crippen LogP contribution in [0.25, 0.3) is 0 Å². The van der Waals surface area contributed by atoms with Crippen molar-refractivity contribution in [1.29, 1.82) is 0 Å². The minimum Gasteiger partial charge on any atom is -0.426 e. The molecule has 1 saturated carbocycles. The van der Waals surface area contributed by atoms with Crippen LogP contribution in [0.2, 0.25) is 0 Å². The van der Waals surface area contributed by atoms with Crippen molar-refractivity contribution < 1.29 is 22.5 Å². The monoisotopic (exact) mass is 284 g/mol. The maximum atomic E-state index is 11.9. The molecule has 0 aromatic heterocycles. The average molecular weight is 284 g/mol. The number of hydrogen-bond acceptors (Lipinski definition) is 4. The minimum absolute atomic E-state index is 0.0602. The topological polar surface area (TPSA) is 80.7 Å². The van der Waals surface area contributed by atoms with Crippen LogP contribution in [0.5, 0.6) is 5.75 Å². The van der Waals surface area contributed by atoms with Crippen LogP contribution in [-0.4, -0.2) is 18.9 Å². The third-order valence-electron chi connectivity index (χ3n) is 3.28. The van der Waals surface area contributed by atoms with Gasteiger partial charge < -0.3 is 4.74 Å². The molecule has 1 aliphatic carbocycles. The van der Waals surface area contributed by atoms with Crippen molar-refractivity contribution in [3.63, 3.8) is 0 Å². The Morgan fingerprint density at radius 2 is 1.68 bits per heavy atom. The molecule has 1 aromatic carbocycles. The standard InChI is InChI=1S/C13H16O5S/c14-13(10-4-2-1-3-5-10)18-11-6-8-12(9-7-11)19(15,16)17/h6-10H,1-5H2,(H,15,16,17). The lowest BCUT2D eigenvalue weighted by molar-refractivity contribution is -0.139. The van der Waals surface area contributed by atoms with E-state index in [0.717, 1.165) is 32.1 Å². The van der Waals surface area contributed by atoms with E-state index in [0.29, 0.717) is 5.75 Å². The number of carbonyl (C=O) groups excluding carboxylic acids is 1. The highest BCUT2D eigenvalue weighted by molar-refractivity contribution is 7.85. The molecular formula is C13H16O5S. The fourth-order valence-electron chi connectivity index (χ4n) is 2.22. The molecule has 0 saturated heterocycles. The van der Waals surface area contributed by atoms with Crippen LogP contribution in [0.1, 0.15) is 32.1 Å². The summed E-state index contributed by atoms with van der Waals surface area (Å²) in [6.45, 7) is 0. The Morgan fingerprint density at radius 3 is 2.21 bits per heavy atom. The molecule has 1 aliphatic rings. The summed E-state index contributed by atoms with van der Waals surface area (Å²) in [4.78, 5) is 11.6. The summed E-state index contributed by atoms with van der Waals surface area (Å²) < 4.78 is 35.8. The quantitative estimate of drug-likeness (QED) is 0.524. The van der Waals surface area contributed by atoms with Crippen molar-refractivity contribution in [1.82, 2.24) is 0 Å². The molecule has 5 nitrogen and oxygen atoms in total. The van der Waals surface area contributed by atoms with E-state index in [2.05, 4.69) is 0 Å². The summed E-state index contributed by atoms with van der Waals surface area (Å²) in [5.41, 5.74) is 0. The van der Waals surface area contributed by atoms with Gasteiger partial charge in [0.15, 0.2) is 0 Å². The van der Waals surface area contributed by atoms with Gasteiger partial charge in [-0.2, -0.15) is 8.42 Å². The Bertz CT molecular complexity index is 541. The van der Waals surface area contributed by atoms with Gasteiger partial charge in [0.1, 0.15) is 5.75 Å². The predicted octanol–water partition coefficient (Wildman–Crippen LogP) is 2.42. The zero-order valence-electron chi connectivity index (χ0n) is 10.4. The fraction of sp³-hybridized carbons (Fsp3) is 0.462. The molecule has 0 atom stereocenters. The molecular weight excluding hydrogens is 268 g/mol. The van der Waals surface area contributed by atoms with E-state index in [1.807, 2.05) is 0 Å². The molecule has 0 spiro atoms. The Labute approximate surface area is 112 Å². The summed E-state index contributed by atoms with van der Waals surface area (Å²) in [5.74, 6) is -0.0303. The lowest BCUT2D eigenvalue weighted by atomic mass is 9.89. The second kappa shape index (κ2) is 5.71. The van der Waals surface area contributed by atoms with E-state index in [1.54, 1.807) is 0 Å². The predicted molar refractivity (Wildman–Crippen MR) is 68.5 cm³/mol. The third-order valence-corrected chi connectivity index (χ3v) is 4.15. The minimum atomic E-state index is -4.21. The second-order valence-corrected chi connectivity index (χ2v) is 6.12. The van der Waals surface area contributed by atoms with Gasteiger partial charge in [-0.15, -0.1) is 0 Å². The van der Waals surface area contributed by atoms with Gasteiger partial charge in [0.05, 0.1) is 10.8 Å². The average Bonchev–Trinajstić information content (AvgIpc) is 2.39. The van der Waals surface area contributed by atoms with Gasteiger partial charge in [0, 0.05) is 0 Å². The number of esters is 1. The molecule has 0 heterocycles. The van der Waals surface area contributed by atoms with Crippen molar-refractivity contribution >= 4 is 16.1 Å². The van der Waals surface area contributed by atoms with Crippen molar-refractivity contribution in [2.45, 2.75) is 37.0 Å². The molecule has 1 fully saturated rings. The second-order valence-electron chi connectivity index (χ2n) is 4.70. The van der Waals surface area contributed by atoms with Crippen LogP contribution in [0, 0.1) is 5.92 Å². The first-order chi connectivity index (χ1) is 8.97. The number of hydrogen-bond donors (Lipinski definition) is 1. The van der Waals surface area contributed by atoms with E-state index in [9.17, 15) is 13.2 Å². The van der Waals surface area contributed by atoms with E-state index >= 15 is 0 Å². The number of benzene rings is 1. The van der Waals surface area contributed by atoms with Crippen LogP contribution < -0.4 is 4.74 Å². The van der Waals surface area contributed by atoms with Gasteiger partial charge in [-0.05, 0) is 37.1 Å². The molecule has 0 amide bonds. The normalized spacial score (nSPS) is 17.1. The SMILES string of the molecule is O=C(Oc1ccc(S(=O)(=O)O)cc1)C1CCCCC1. The summed E-state index contributed by atoms with van der Waals surface area (Å²) in [7, 11) is -4.21. The highest BCUT2D eigenvalue weighted by Gasteiger charge is 2.23. The molecule has 0 bridgehead atoms. The number of carbonyl (C=O) groups is 1. The lowest BCUT2D eigenvalue weighted by Gasteiger charge is -2.19. The van der Waals surface area contributed by atoms with Gasteiger partial charge in [0.25, 0.3) is 10.1 Å². The lowest BCUT2D eigenvalue weighted by Crippen LogP contribution is -2.22. The number of rotatable bonds is 3. The molecule has 0 unspecified atom stereocenters. The molecule has 104 valence electrons. The van der Waals surface area contributed by atoms with Crippen LogP contribution in [0.4, 0.5) is 0 Å². The van der Waals surface area contributed by atoms with Crippen LogP contribution in [0.15, 0.2) is 29.2 Å². The Hall–Kier alpha value is -1.40. The van der Waals surface area contributed by atoms with Crippen molar-refractivity contribution in [2.24, 2.45) is 5.92 Å². The highest BCUT2D eigenvalue weighted by atomic mass is 32.2. The van der Waals surface area contributed by atoms with Crippen molar-refractivity contribution in [3.05, 3.63) is 24.3 Å². The van der Waals surface area contributed by atoms with E-state index in [-0.39, 0.29) is 16.8 Å². The zero-order valence-corrected chi connectivity index (χ0v) is 11.2. The largest absolute Gasteiger partial charge is 0.426 e. The molecule has 19 heavy (non-hydrogen) atoms. The van der Waals surface area contributed by atoms with Gasteiger partial charge in [-0.1, -0.05) is 19.3 Å². The maximum Gasteiger partial charge on any atom is 0.314 e. The summed E-state index contributed by atoms with van der Waals surface area (Å²) in [6, 6.07) is 5.14. The van der Waals surface area contributed by atoms with E-state index in [4.69, 9.17) is 9.29 Å². The first-order valence-corrected chi connectivity index (χ1v) is 7.70. The van der Waals surface area contributed by atoms with Gasteiger partial charge >= 0.3 is 5.97 Å². The summed E-state index contributed by atoms with van der Waals surface area (Å²) in [6.07, 6.45) is 4.94. The molecule has 1 aromatic rings. The molecule has 2 rings (SSSR count). The fourth-order valence-corrected chi connectivity index (χ4v) is 2.70. The molecule has 0 radical (unpaired) electrons. The summed E-state index contributed by atoms with van der Waals surface area (Å²) in [5, 5.41) is 0. The van der Waals surface area contributed by atoms with Crippen molar-refractivity contribution in [2.75, 3.05) is 0 Å². The van der Waals surface area contributed by atoms with E-state index < -0.39 is 10.1 Å². The van der Waals surface area contributed by atoms with Gasteiger partial charge in [0.2, 0.25) is 0 Å². The highest BCUT2D eigenvalue weighted by Crippen LogP contribution is 2.26. The third kappa shape index (κ3) is 3.78. The first-order valence-electron chi connectivity index (χ1n) is 6.26. The Morgan fingerprint density at radius 1 is 1.11 bits per heavy atom. The van der Waals surface area contributed by atoms with Gasteiger partial charge in [-0.25, -0.2) is 0 Å². The molecule has 1 N–H and O–H groups in total. The summed E-state index contributed by atoms with van der Waals surface area (Å²) >= 11 is 0. The van der Waals surface area contributed by atoms with Crippen LogP contribution in [-0.2, 0) is 14.9 Å². The van der Waals surface area contributed by atoms with E-state index in [1.165, 1.54) is 24.3 Å². The first kappa shape index (κ1) is 14.0. The van der Waals surface area contributed by atoms with Crippen molar-refractivity contribution in [3.8, 4) is 5.75 Å². The smallest absolute Gasteiger partial charge is 0.314 e. The molecule has 0 aliphatic heterocycles.